The average Bonchev–Trinajstić information content (AvgIpc) is 2.22. The number of rotatable bonds is 5. The lowest BCUT2D eigenvalue weighted by Gasteiger charge is -2.14. The summed E-state index contributed by atoms with van der Waals surface area (Å²) in [5, 5.41) is 13.0. The second-order valence-electron chi connectivity index (χ2n) is 3.40. The van der Waals surface area contributed by atoms with Gasteiger partial charge in [0.25, 0.3) is 0 Å². The third kappa shape index (κ3) is 4.11. The molecule has 15 heavy (non-hydrogen) atoms. The van der Waals surface area contributed by atoms with Crippen LogP contribution >= 0.6 is 27.5 Å². The topological polar surface area (TPSA) is 32.3 Å². The van der Waals surface area contributed by atoms with Gasteiger partial charge in [-0.05, 0) is 24.1 Å². The molecule has 0 aromatic heterocycles. The van der Waals surface area contributed by atoms with Crippen molar-refractivity contribution in [3.63, 3.8) is 0 Å². The Labute approximate surface area is 104 Å². The second-order valence-corrected chi connectivity index (χ2v) is 4.70. The van der Waals surface area contributed by atoms with E-state index in [4.69, 9.17) is 16.7 Å². The maximum Gasteiger partial charge on any atom is 0.0584 e. The first-order chi connectivity index (χ1) is 7.17. The molecule has 0 radical (unpaired) electrons. The van der Waals surface area contributed by atoms with Gasteiger partial charge >= 0.3 is 0 Å². The van der Waals surface area contributed by atoms with Crippen molar-refractivity contribution >= 4 is 27.5 Å². The fraction of sp³-hybridized carbons (Fsp3) is 0.455. The summed E-state index contributed by atoms with van der Waals surface area (Å²) in [5.41, 5.74) is 1.14. The van der Waals surface area contributed by atoms with Crippen LogP contribution < -0.4 is 5.32 Å². The van der Waals surface area contributed by atoms with E-state index in [1.54, 1.807) is 0 Å². The summed E-state index contributed by atoms with van der Waals surface area (Å²) >= 11 is 9.30. The molecule has 0 heterocycles. The normalized spacial score (nSPS) is 12.8. The molecule has 0 bridgehead atoms. The minimum Gasteiger partial charge on any atom is -0.395 e. The highest BCUT2D eigenvalue weighted by Gasteiger charge is 2.05. The van der Waals surface area contributed by atoms with Crippen LogP contribution in [0.4, 0.5) is 0 Å². The van der Waals surface area contributed by atoms with Gasteiger partial charge < -0.3 is 10.4 Å². The Morgan fingerprint density at radius 3 is 2.80 bits per heavy atom. The van der Waals surface area contributed by atoms with Crippen LogP contribution in [0, 0.1) is 0 Å². The molecule has 0 spiro atoms. The van der Waals surface area contributed by atoms with Crippen molar-refractivity contribution in [2.75, 3.05) is 6.61 Å². The molecule has 84 valence electrons. The van der Waals surface area contributed by atoms with E-state index in [0.29, 0.717) is 0 Å². The Morgan fingerprint density at radius 1 is 1.53 bits per heavy atom. The van der Waals surface area contributed by atoms with Crippen LogP contribution in [0.1, 0.15) is 18.9 Å². The highest BCUT2D eigenvalue weighted by Crippen LogP contribution is 2.21. The first-order valence-corrected chi connectivity index (χ1v) is 6.12. The summed E-state index contributed by atoms with van der Waals surface area (Å²) in [5.74, 6) is 0. The minimum atomic E-state index is 0.160. The van der Waals surface area contributed by atoms with Crippen molar-refractivity contribution in [3.05, 3.63) is 33.3 Å². The predicted octanol–water partition coefficient (Wildman–Crippen LogP) is 2.96. The Morgan fingerprint density at radius 2 is 2.27 bits per heavy atom. The highest BCUT2D eigenvalue weighted by molar-refractivity contribution is 9.10. The van der Waals surface area contributed by atoms with Crippen molar-refractivity contribution in [1.82, 2.24) is 5.32 Å². The molecular weight excluding hydrogens is 277 g/mol. The van der Waals surface area contributed by atoms with Gasteiger partial charge in [-0.2, -0.15) is 0 Å². The van der Waals surface area contributed by atoms with Crippen LogP contribution in [-0.4, -0.2) is 17.8 Å². The smallest absolute Gasteiger partial charge is 0.0584 e. The summed E-state index contributed by atoms with van der Waals surface area (Å²) in [7, 11) is 0. The van der Waals surface area contributed by atoms with Crippen LogP contribution in [0.15, 0.2) is 22.7 Å². The van der Waals surface area contributed by atoms with Crippen molar-refractivity contribution in [1.29, 1.82) is 0 Å². The van der Waals surface area contributed by atoms with Crippen LogP contribution in [-0.2, 0) is 6.54 Å². The van der Waals surface area contributed by atoms with Gasteiger partial charge in [0, 0.05) is 22.1 Å². The number of nitrogens with one attached hydrogen (secondary N) is 1. The zero-order valence-electron chi connectivity index (χ0n) is 8.63. The maximum absolute atomic E-state index is 9.02. The fourth-order valence-electron chi connectivity index (χ4n) is 1.26. The molecule has 2 N–H and O–H groups in total. The SMILES string of the molecule is CC[C@H](CO)NCc1ccc(Cl)cc1Br. The van der Waals surface area contributed by atoms with Gasteiger partial charge in [0.1, 0.15) is 0 Å². The molecule has 0 fully saturated rings. The van der Waals surface area contributed by atoms with Gasteiger partial charge in [-0.25, -0.2) is 0 Å². The third-order valence-corrected chi connectivity index (χ3v) is 3.28. The molecule has 1 rings (SSSR count). The summed E-state index contributed by atoms with van der Waals surface area (Å²) in [6.07, 6.45) is 0.918. The molecule has 0 aliphatic carbocycles. The summed E-state index contributed by atoms with van der Waals surface area (Å²) < 4.78 is 0.996. The number of aliphatic hydroxyl groups is 1. The second kappa shape index (κ2) is 6.48. The monoisotopic (exact) mass is 291 g/mol. The summed E-state index contributed by atoms with van der Waals surface area (Å²) in [6, 6.07) is 5.87. The quantitative estimate of drug-likeness (QED) is 0.874. The van der Waals surface area contributed by atoms with E-state index in [-0.39, 0.29) is 12.6 Å². The van der Waals surface area contributed by atoms with Crippen LogP contribution in [0.25, 0.3) is 0 Å². The molecule has 2 nitrogen and oxygen atoms in total. The number of halogens is 2. The van der Waals surface area contributed by atoms with E-state index < -0.39 is 0 Å². The van der Waals surface area contributed by atoms with Gasteiger partial charge in [0.15, 0.2) is 0 Å². The Balaban J connectivity index is 2.57. The molecule has 0 amide bonds. The summed E-state index contributed by atoms with van der Waals surface area (Å²) in [4.78, 5) is 0. The molecule has 4 heteroatoms. The van der Waals surface area contributed by atoms with Crippen molar-refractivity contribution < 1.29 is 5.11 Å². The molecule has 0 aliphatic heterocycles. The van der Waals surface area contributed by atoms with E-state index in [9.17, 15) is 0 Å². The molecule has 0 unspecified atom stereocenters. The van der Waals surface area contributed by atoms with E-state index in [0.717, 1.165) is 28.0 Å². The highest BCUT2D eigenvalue weighted by atomic mass is 79.9. The first-order valence-electron chi connectivity index (χ1n) is 4.95. The Kier molecular flexibility index (Phi) is 5.61. The van der Waals surface area contributed by atoms with Gasteiger partial charge in [-0.15, -0.1) is 0 Å². The number of hydrogen-bond acceptors (Lipinski definition) is 2. The van der Waals surface area contributed by atoms with E-state index in [2.05, 4.69) is 21.2 Å². The standard InChI is InChI=1S/C11H15BrClNO/c1-2-10(7-15)14-6-8-3-4-9(13)5-11(8)12/h3-5,10,14-15H,2,6-7H2,1H3/t10-/m1/s1. The van der Waals surface area contributed by atoms with Gasteiger partial charge in [-0.3, -0.25) is 0 Å². The molecule has 1 aromatic rings. The molecule has 0 saturated carbocycles. The number of aliphatic hydroxyl groups excluding tert-OH is 1. The Hall–Kier alpha value is -0.0900. The van der Waals surface area contributed by atoms with Crippen molar-refractivity contribution in [2.45, 2.75) is 25.9 Å². The van der Waals surface area contributed by atoms with E-state index in [1.807, 2.05) is 25.1 Å². The van der Waals surface area contributed by atoms with Crippen molar-refractivity contribution in [2.24, 2.45) is 0 Å². The lowest BCUT2D eigenvalue weighted by Crippen LogP contribution is -2.31. The third-order valence-electron chi connectivity index (χ3n) is 2.31. The largest absolute Gasteiger partial charge is 0.395 e. The molecule has 1 atom stereocenters. The van der Waals surface area contributed by atoms with Crippen molar-refractivity contribution in [3.8, 4) is 0 Å². The molecule has 0 aliphatic rings. The fourth-order valence-corrected chi connectivity index (χ4v) is 2.08. The number of hydrogen-bond donors (Lipinski definition) is 2. The molecular formula is C11H15BrClNO. The van der Waals surface area contributed by atoms with Crippen LogP contribution in [0.5, 0.6) is 0 Å². The molecule has 0 saturated heterocycles. The van der Waals surface area contributed by atoms with E-state index >= 15 is 0 Å². The van der Waals surface area contributed by atoms with Gasteiger partial charge in [0.2, 0.25) is 0 Å². The predicted molar refractivity (Wildman–Crippen MR) is 67.2 cm³/mol. The summed E-state index contributed by atoms with van der Waals surface area (Å²) in [6.45, 7) is 2.95. The maximum atomic E-state index is 9.02. The zero-order valence-corrected chi connectivity index (χ0v) is 11.0. The van der Waals surface area contributed by atoms with E-state index in [1.165, 1.54) is 0 Å². The minimum absolute atomic E-state index is 0.160. The lowest BCUT2D eigenvalue weighted by molar-refractivity contribution is 0.238. The average molecular weight is 293 g/mol. The first kappa shape index (κ1) is 13.0. The van der Waals surface area contributed by atoms with Crippen LogP contribution in [0.3, 0.4) is 0 Å². The van der Waals surface area contributed by atoms with Gasteiger partial charge in [-0.1, -0.05) is 40.5 Å². The van der Waals surface area contributed by atoms with Gasteiger partial charge in [0.05, 0.1) is 6.61 Å². The van der Waals surface area contributed by atoms with Crippen LogP contribution in [0.2, 0.25) is 5.02 Å². The molecule has 1 aromatic carbocycles. The number of benzene rings is 1. The Bertz CT molecular complexity index is 315. The zero-order chi connectivity index (χ0) is 11.3. The lowest BCUT2D eigenvalue weighted by atomic mass is 10.2.